The lowest BCUT2D eigenvalue weighted by Gasteiger charge is -2.39. The van der Waals surface area contributed by atoms with Gasteiger partial charge in [0.15, 0.2) is 12.8 Å². The molecule has 126 heavy (non-hydrogen) atoms. The third-order valence-electron chi connectivity index (χ3n) is 20.2. The lowest BCUT2D eigenvalue weighted by atomic mass is 9.92. The van der Waals surface area contributed by atoms with Crippen LogP contribution in [0.15, 0.2) is 84.2 Å². The number of amides is 12. The van der Waals surface area contributed by atoms with E-state index in [9.17, 15) is 102 Å². The number of thiazole rings is 1. The Morgan fingerprint density at radius 1 is 0.627 bits per heavy atom. The van der Waals surface area contributed by atoms with Crippen LogP contribution in [0.3, 0.4) is 0 Å². The summed E-state index contributed by atoms with van der Waals surface area (Å²) in [6, 6.07) is 8.06. The molecule has 1 aromatic heterocycles. The number of aromatic hydroxyl groups is 1. The Bertz CT molecular complexity index is 4320. The molecule has 12 amide bonds. The smallest absolute Gasteiger partial charge is 0.426 e. The fourth-order valence-corrected chi connectivity index (χ4v) is 15.9. The molecular formula is C83H116N14O26S3. The van der Waals surface area contributed by atoms with Crippen LogP contribution in [-0.2, 0) is 102 Å². The maximum Gasteiger partial charge on any atom is 0.426 e. The summed E-state index contributed by atoms with van der Waals surface area (Å²) >= 11 is 1.01. The molecule has 0 spiro atoms. The van der Waals surface area contributed by atoms with Crippen molar-refractivity contribution in [2.45, 2.75) is 225 Å². The third kappa shape index (κ3) is 38.3. The van der Waals surface area contributed by atoms with Crippen LogP contribution < -0.4 is 58.7 Å². The molecule has 1 aliphatic rings. The monoisotopic (exact) mass is 1820 g/mol. The molecule has 40 nitrogen and oxygen atoms in total. The van der Waals surface area contributed by atoms with Crippen molar-refractivity contribution in [2.24, 2.45) is 17.8 Å². The minimum absolute atomic E-state index is 0.0116. The molecule has 4 aromatic rings. The van der Waals surface area contributed by atoms with E-state index in [1.165, 1.54) is 29.3 Å². The van der Waals surface area contributed by atoms with Gasteiger partial charge in [-0.3, -0.25) is 63.1 Å². The molecule has 3 aromatic carbocycles. The van der Waals surface area contributed by atoms with Crippen LogP contribution in [0.5, 0.6) is 5.75 Å². The van der Waals surface area contributed by atoms with Crippen LogP contribution in [0.25, 0.3) is 0 Å². The minimum atomic E-state index is -1.73. The fourth-order valence-electron chi connectivity index (χ4n) is 13.1. The van der Waals surface area contributed by atoms with Gasteiger partial charge in [0.25, 0.3) is 5.91 Å². The molecule has 12 atom stereocenters. The largest absolute Gasteiger partial charge is 0.508 e. The summed E-state index contributed by atoms with van der Waals surface area (Å²) in [6.07, 6.45) is -0.809. The summed E-state index contributed by atoms with van der Waals surface area (Å²) in [6.45, 7) is 12.1. The number of aromatic nitrogens is 1. The second-order valence-corrected chi connectivity index (χ2v) is 34.1. The molecule has 1 saturated heterocycles. The van der Waals surface area contributed by atoms with Crippen LogP contribution >= 0.6 is 32.9 Å². The van der Waals surface area contributed by atoms with Crippen LogP contribution in [0, 0.1) is 17.8 Å². The maximum atomic E-state index is 15.0. The number of esters is 2. The average molecular weight is 1820 g/mol. The van der Waals surface area contributed by atoms with Crippen LogP contribution in [0.4, 0.5) is 14.4 Å². The number of ether oxygens (including phenoxy) is 3. The van der Waals surface area contributed by atoms with Crippen molar-refractivity contribution in [2.75, 3.05) is 45.0 Å². The molecule has 692 valence electrons. The second-order valence-electron chi connectivity index (χ2n) is 30.6. The zero-order chi connectivity index (χ0) is 93.1. The van der Waals surface area contributed by atoms with Crippen molar-refractivity contribution in [1.29, 1.82) is 0 Å². The summed E-state index contributed by atoms with van der Waals surface area (Å²) in [5.41, 5.74) is 6.55. The predicted molar refractivity (Wildman–Crippen MR) is 460 cm³/mol. The first-order valence-electron chi connectivity index (χ1n) is 41.2. The number of rotatable bonds is 54. The van der Waals surface area contributed by atoms with Gasteiger partial charge in [-0.2, -0.15) is 0 Å². The van der Waals surface area contributed by atoms with Gasteiger partial charge in [-0.05, 0) is 118 Å². The van der Waals surface area contributed by atoms with Gasteiger partial charge in [0.2, 0.25) is 35.4 Å². The number of piperidine rings is 1. The van der Waals surface area contributed by atoms with Gasteiger partial charge in [0.1, 0.15) is 59.3 Å². The van der Waals surface area contributed by atoms with Gasteiger partial charge in [0.05, 0.1) is 18.9 Å². The van der Waals surface area contributed by atoms with Crippen molar-refractivity contribution in [1.82, 2.24) is 73.5 Å². The third-order valence-corrected chi connectivity index (χ3v) is 23.5. The van der Waals surface area contributed by atoms with E-state index in [0.29, 0.717) is 48.1 Å². The SMILES string of the molecule is CCCC(=O)OCN(C(=O)C(NC(=O)[C@H]1CCCCN1C)[C@@H](C)CC)[C@H](C[C@@H](OC(C)=O)c1nc(C(=O)N[C@@H](Cc2ccc(O)cc2)C[C@H](C)C(=O)NNC(=O)OCCSSC[C@H](NC(=O)[C@H](Cc2ccccc2)NC(=O)[C@H](CC(=O)O)NC(=O)Cc2ccc(CNC(=O)NCCCC[C@H](NC(=O)N[C@@H](CCC(=O)O)C(=O)O)C(=O)O)cc2)C(=O)O)cs1)C(C)C. The summed E-state index contributed by atoms with van der Waals surface area (Å²) in [4.78, 5) is 228. The normalized spacial score (nSPS) is 15.1. The number of carboxylic acid groups (broad SMARTS) is 5. The number of aliphatic carboxylic acids is 5. The van der Waals surface area contributed by atoms with E-state index < -0.39 is 188 Å². The number of carbonyl (C=O) groups excluding carboxylic acids is 12. The summed E-state index contributed by atoms with van der Waals surface area (Å²) in [5.74, 6) is -15.3. The van der Waals surface area contributed by atoms with Gasteiger partial charge in [-0.25, -0.2) is 39.2 Å². The number of likely N-dealkylation sites (N-methyl/N-ethyl adjacent to an activating group) is 1. The van der Waals surface area contributed by atoms with Crippen molar-refractivity contribution >= 4 is 134 Å². The Hall–Kier alpha value is -11.9. The molecule has 5 rings (SSSR count). The van der Waals surface area contributed by atoms with Gasteiger partial charge in [-0.15, -0.1) is 11.3 Å². The molecule has 0 saturated carbocycles. The van der Waals surface area contributed by atoms with Gasteiger partial charge >= 0.3 is 59.9 Å². The van der Waals surface area contributed by atoms with Gasteiger partial charge in [0, 0.05) is 80.6 Å². The summed E-state index contributed by atoms with van der Waals surface area (Å²) < 4.78 is 16.8. The van der Waals surface area contributed by atoms with E-state index in [1.807, 2.05) is 51.9 Å². The number of urea groups is 2. The zero-order valence-electron chi connectivity index (χ0n) is 71.5. The fraction of sp³-hybridized carbons (Fsp3) is 0.542. The molecule has 1 unspecified atom stereocenters. The summed E-state index contributed by atoms with van der Waals surface area (Å²) in [7, 11) is 3.90. The molecule has 43 heteroatoms. The highest BCUT2D eigenvalue weighted by molar-refractivity contribution is 8.76. The number of phenolic OH excluding ortho intramolecular Hbond substituents is 1. The minimum Gasteiger partial charge on any atom is -0.508 e. The molecule has 0 aliphatic carbocycles. The lowest BCUT2D eigenvalue weighted by Crippen LogP contribution is -2.59. The second kappa shape index (κ2) is 54.8. The Labute approximate surface area is 740 Å². The number of phenols is 1. The number of hydrazine groups is 1. The van der Waals surface area contributed by atoms with E-state index in [1.54, 1.807) is 73.7 Å². The Morgan fingerprint density at radius 3 is 1.88 bits per heavy atom. The number of nitrogens with one attached hydrogen (secondary N) is 11. The quantitative estimate of drug-likeness (QED) is 0.00686. The number of nitrogens with zero attached hydrogens (tertiary/aromatic N) is 3. The van der Waals surface area contributed by atoms with E-state index in [2.05, 4.69) is 58.4 Å². The highest BCUT2D eigenvalue weighted by atomic mass is 33.1. The number of carbonyl (C=O) groups is 17. The number of carboxylic acids is 5. The topological polar surface area (TPSA) is 591 Å². The number of hydrogen-bond donors (Lipinski definition) is 17. The first-order chi connectivity index (χ1) is 59.8. The average Bonchev–Trinajstić information content (AvgIpc) is 1.17. The predicted octanol–water partition coefficient (Wildman–Crippen LogP) is 5.06. The van der Waals surface area contributed by atoms with E-state index >= 15 is 4.79 Å². The molecule has 17 N–H and O–H groups in total. The zero-order valence-corrected chi connectivity index (χ0v) is 73.9. The Morgan fingerprint density at radius 2 is 1.26 bits per heavy atom. The van der Waals surface area contributed by atoms with Crippen LogP contribution in [0.1, 0.15) is 182 Å². The highest BCUT2D eigenvalue weighted by Gasteiger charge is 2.41. The van der Waals surface area contributed by atoms with Crippen molar-refractivity contribution < 1.29 is 126 Å². The highest BCUT2D eigenvalue weighted by Crippen LogP contribution is 2.33. The van der Waals surface area contributed by atoms with Crippen LogP contribution in [-0.4, -0.2) is 246 Å². The molecular weight excluding hydrogens is 1710 g/mol. The van der Waals surface area contributed by atoms with Crippen molar-refractivity contribution in [3.8, 4) is 5.75 Å². The number of hydrogen-bond acceptors (Lipinski definition) is 26. The Kier molecular flexibility index (Phi) is 45.5. The number of benzene rings is 3. The molecule has 0 radical (unpaired) electrons. The first-order valence-corrected chi connectivity index (χ1v) is 44.6. The van der Waals surface area contributed by atoms with Crippen molar-refractivity contribution in [3.63, 3.8) is 0 Å². The van der Waals surface area contributed by atoms with Crippen molar-refractivity contribution in [3.05, 3.63) is 117 Å². The van der Waals surface area contributed by atoms with Gasteiger partial charge in [-0.1, -0.05) is 143 Å². The Balaban J connectivity index is 1.12. The maximum absolute atomic E-state index is 15.0. The standard InChI is InChI=1S/C83H116N14O26S3/c1-9-18-69(105)122-46-97(77(111)70(48(5)10-2)93-75(110)63-22-15-17-34-96(63)8)64(47(3)4)42-65(123-50(7)98)76-90-61(44-124-76)74(109)86-55(38-52-27-29-56(99)30-28-52)37-49(6)71(106)94-95-83(120)121-35-36-125-126-45-62(80(116)117)89-72(107)59(39-51-19-12-11-13-20-51)88-73(108)60(41-68(103)104)87-66(100)40-53-23-25-54(26-24-53)43-85-81(118)84-33-16-14-21-57(78(112)113)91-82(119)92-58(79(114)115)31-32-67(101)102/h11-13,19-20,23-30,44,47-49,55,57-60,62-65,70,99H,9-10,14-18,21-22,31-43,45-46H2,1-8H3,(H,86,109)(H,87,100)(H,88,108)(H,89,107)(H,93,110)(H,94,106)(H,95,120)(H,101,102)(H,103,104)(H,112,113)(H,114,115)(H,116,117)(H2,84,85,118)(H2,91,92,119)/t48-,49-,55+,57-,58-,59-,60-,62-,63+,64+,65+,70?/m0/s1. The van der Waals surface area contributed by atoms with E-state index in [4.69, 9.17) is 19.3 Å². The number of likely N-dealkylation sites (tertiary alicyclic amines) is 1. The van der Waals surface area contributed by atoms with E-state index in [-0.39, 0.29) is 123 Å². The lowest BCUT2D eigenvalue weighted by molar-refractivity contribution is -0.161. The van der Waals surface area contributed by atoms with E-state index in [0.717, 1.165) is 45.8 Å². The summed E-state index contributed by atoms with van der Waals surface area (Å²) in [5, 5.41) is 82.1. The molecule has 0 bridgehead atoms. The first kappa shape index (κ1) is 105. The number of unbranched alkanes of at least 4 members (excludes halogenated alkanes) is 1. The van der Waals surface area contributed by atoms with Crippen LogP contribution in [0.2, 0.25) is 0 Å². The van der Waals surface area contributed by atoms with Gasteiger partial charge < -0.3 is 97.6 Å². The molecule has 1 aliphatic heterocycles. The molecule has 2 heterocycles. The molecule has 1 fully saturated rings.